The van der Waals surface area contributed by atoms with Gasteiger partial charge in [0.1, 0.15) is 18.1 Å². The highest BCUT2D eigenvalue weighted by Crippen LogP contribution is 2.44. The Labute approximate surface area is 297 Å². The number of unbranched alkanes of at least 4 members (excludes halogenated alkanes) is 11. The van der Waals surface area contributed by atoms with E-state index in [-0.39, 0.29) is 11.7 Å². The van der Waals surface area contributed by atoms with E-state index in [4.69, 9.17) is 9.47 Å². The molecular formula is C45H61NO3. The van der Waals surface area contributed by atoms with Crippen LogP contribution in [0.4, 0.5) is 0 Å². The predicted octanol–water partition coefficient (Wildman–Crippen LogP) is 11.6. The lowest BCUT2D eigenvalue weighted by molar-refractivity contribution is 0.0943. The van der Waals surface area contributed by atoms with Crippen LogP contribution in [0.5, 0.6) is 11.5 Å². The van der Waals surface area contributed by atoms with Gasteiger partial charge in [-0.05, 0) is 109 Å². The van der Waals surface area contributed by atoms with Crippen LogP contribution in [0.25, 0.3) is 11.1 Å². The fourth-order valence-electron chi connectivity index (χ4n) is 7.86. The van der Waals surface area contributed by atoms with E-state index in [9.17, 15) is 4.79 Å². The van der Waals surface area contributed by atoms with Gasteiger partial charge in [-0.25, -0.2) is 0 Å². The van der Waals surface area contributed by atoms with E-state index < -0.39 is 0 Å². The number of ether oxygens (including phenoxy) is 2. The molecule has 1 atom stereocenters. The zero-order valence-electron chi connectivity index (χ0n) is 30.5. The highest BCUT2D eigenvalue weighted by Gasteiger charge is 2.31. The lowest BCUT2D eigenvalue weighted by Gasteiger charge is -2.30. The number of carbonyl (C=O) groups is 1. The number of Topliss-reactive ketones (excluding diaryl/α,β-unsaturated/α-hetero) is 1. The van der Waals surface area contributed by atoms with Gasteiger partial charge in [-0.1, -0.05) is 120 Å². The third-order valence-corrected chi connectivity index (χ3v) is 10.7. The number of nitrogens with zero attached hydrogens (tertiary/aromatic N) is 1. The average Bonchev–Trinajstić information content (AvgIpc) is 3.67. The highest BCUT2D eigenvalue weighted by molar-refractivity contribution is 6.10. The maximum atomic E-state index is 14.7. The van der Waals surface area contributed by atoms with Crippen LogP contribution in [0.1, 0.15) is 137 Å². The lowest BCUT2D eigenvalue weighted by atomic mass is 9.73. The van der Waals surface area contributed by atoms with Crippen molar-refractivity contribution >= 4 is 16.9 Å². The summed E-state index contributed by atoms with van der Waals surface area (Å²) in [6, 6.07) is 25.2. The summed E-state index contributed by atoms with van der Waals surface area (Å²) >= 11 is 0. The first kappa shape index (κ1) is 36.9. The SMILES string of the molecule is CCCCCCCCCCCCCCC(C(=O)c1ccc(OCCN2CCCC2)cc1)C1=C(c2ccc(OC)cc2)CCc2ccccc21. The Hall–Kier alpha value is -3.37. The second-order valence-electron chi connectivity index (χ2n) is 14.3. The van der Waals surface area contributed by atoms with Crippen LogP contribution in [0.2, 0.25) is 0 Å². The lowest BCUT2D eigenvalue weighted by Crippen LogP contribution is -2.25. The number of aryl methyl sites for hydroxylation is 1. The normalized spacial score (nSPS) is 15.3. The summed E-state index contributed by atoms with van der Waals surface area (Å²) in [6.07, 6.45) is 21.1. The number of likely N-dealkylation sites (tertiary alicyclic amines) is 1. The Morgan fingerprint density at radius 3 is 1.98 bits per heavy atom. The summed E-state index contributed by atoms with van der Waals surface area (Å²) in [5.41, 5.74) is 7.11. The van der Waals surface area contributed by atoms with Crippen molar-refractivity contribution in [3.63, 3.8) is 0 Å². The minimum Gasteiger partial charge on any atom is -0.497 e. The number of fused-ring (bicyclic) bond motifs is 1. The number of ketones is 1. The molecule has 0 saturated carbocycles. The van der Waals surface area contributed by atoms with E-state index in [0.29, 0.717) is 6.61 Å². The maximum Gasteiger partial charge on any atom is 0.170 e. The van der Waals surface area contributed by atoms with Gasteiger partial charge < -0.3 is 9.47 Å². The van der Waals surface area contributed by atoms with Gasteiger partial charge in [-0.15, -0.1) is 0 Å². The molecule has 0 aromatic heterocycles. The molecule has 1 fully saturated rings. The number of hydrogen-bond donors (Lipinski definition) is 0. The molecule has 2 aliphatic rings. The molecule has 0 amide bonds. The topological polar surface area (TPSA) is 38.8 Å². The summed E-state index contributed by atoms with van der Waals surface area (Å²) in [7, 11) is 1.71. The third-order valence-electron chi connectivity index (χ3n) is 10.7. The summed E-state index contributed by atoms with van der Waals surface area (Å²) in [6.45, 7) is 6.28. The van der Waals surface area contributed by atoms with Crippen LogP contribution in [0.15, 0.2) is 72.8 Å². The zero-order valence-corrected chi connectivity index (χ0v) is 30.5. The van der Waals surface area contributed by atoms with Crippen LogP contribution in [0.3, 0.4) is 0 Å². The smallest absolute Gasteiger partial charge is 0.170 e. The molecule has 0 radical (unpaired) electrons. The molecule has 1 unspecified atom stereocenters. The summed E-state index contributed by atoms with van der Waals surface area (Å²) in [5.74, 6) is 1.73. The second kappa shape index (κ2) is 20.3. The molecule has 0 spiro atoms. The molecule has 4 nitrogen and oxygen atoms in total. The Morgan fingerprint density at radius 2 is 1.33 bits per heavy atom. The van der Waals surface area contributed by atoms with E-state index in [1.807, 2.05) is 36.4 Å². The van der Waals surface area contributed by atoms with E-state index in [1.54, 1.807) is 7.11 Å². The van der Waals surface area contributed by atoms with Crippen molar-refractivity contribution in [2.45, 2.75) is 116 Å². The van der Waals surface area contributed by atoms with Crippen molar-refractivity contribution in [3.8, 4) is 11.5 Å². The van der Waals surface area contributed by atoms with Gasteiger partial charge in [0.15, 0.2) is 5.78 Å². The van der Waals surface area contributed by atoms with Crippen LogP contribution in [-0.2, 0) is 6.42 Å². The summed E-state index contributed by atoms with van der Waals surface area (Å²) < 4.78 is 11.6. The van der Waals surface area contributed by atoms with Gasteiger partial charge in [0.05, 0.1) is 7.11 Å². The third kappa shape index (κ3) is 11.1. The fraction of sp³-hybridized carbons (Fsp3) is 0.533. The molecule has 49 heavy (non-hydrogen) atoms. The van der Waals surface area contributed by atoms with Crippen LogP contribution in [0, 0.1) is 5.92 Å². The number of rotatable bonds is 22. The van der Waals surface area contributed by atoms with Gasteiger partial charge in [0.25, 0.3) is 0 Å². The number of benzene rings is 3. The monoisotopic (exact) mass is 663 g/mol. The van der Waals surface area contributed by atoms with Crippen molar-refractivity contribution in [1.82, 2.24) is 4.90 Å². The van der Waals surface area contributed by atoms with Gasteiger partial charge in [-0.3, -0.25) is 9.69 Å². The van der Waals surface area contributed by atoms with Gasteiger partial charge >= 0.3 is 0 Å². The van der Waals surface area contributed by atoms with Gasteiger partial charge in [0.2, 0.25) is 0 Å². The minimum absolute atomic E-state index is 0.191. The largest absolute Gasteiger partial charge is 0.497 e. The van der Waals surface area contributed by atoms with E-state index in [0.717, 1.165) is 49.3 Å². The molecule has 3 aromatic rings. The van der Waals surface area contributed by atoms with Crippen molar-refractivity contribution < 1.29 is 14.3 Å². The molecule has 4 heteroatoms. The first-order chi connectivity index (χ1) is 24.2. The molecule has 264 valence electrons. The van der Waals surface area contributed by atoms with E-state index in [1.165, 1.54) is 124 Å². The molecule has 1 saturated heterocycles. The number of carbonyl (C=O) groups excluding carboxylic acids is 1. The fourth-order valence-corrected chi connectivity index (χ4v) is 7.86. The maximum absolute atomic E-state index is 14.7. The molecule has 5 rings (SSSR count). The Bertz CT molecular complexity index is 1430. The van der Waals surface area contributed by atoms with Crippen molar-refractivity contribution in [3.05, 3.63) is 95.1 Å². The Morgan fingerprint density at radius 1 is 0.714 bits per heavy atom. The van der Waals surface area contributed by atoms with E-state index in [2.05, 4.69) is 48.2 Å². The molecular weight excluding hydrogens is 602 g/mol. The molecule has 0 N–H and O–H groups in total. The van der Waals surface area contributed by atoms with Crippen LogP contribution < -0.4 is 9.47 Å². The molecule has 1 aliphatic carbocycles. The second-order valence-corrected chi connectivity index (χ2v) is 14.3. The van der Waals surface area contributed by atoms with Crippen molar-refractivity contribution in [1.29, 1.82) is 0 Å². The first-order valence-electron chi connectivity index (χ1n) is 19.6. The zero-order chi connectivity index (χ0) is 34.1. The summed E-state index contributed by atoms with van der Waals surface area (Å²) in [5, 5.41) is 0. The Kier molecular flexibility index (Phi) is 15.3. The van der Waals surface area contributed by atoms with Crippen LogP contribution >= 0.6 is 0 Å². The standard InChI is InChI=1S/C45H61NO3/c1-3-4-5-6-7-8-9-10-11-12-13-14-21-43(45(47)38-24-29-40(30-25-38)49-35-34-46-32-17-18-33-46)44-41-20-16-15-19-36(41)26-31-42(44)37-22-27-39(48-2)28-23-37/h15-16,19-20,22-25,27-30,43H,3-14,17-18,21,26,31-35H2,1-2H3. The first-order valence-corrected chi connectivity index (χ1v) is 19.6. The highest BCUT2D eigenvalue weighted by atomic mass is 16.5. The van der Waals surface area contributed by atoms with Crippen molar-refractivity contribution in [2.75, 3.05) is 33.4 Å². The minimum atomic E-state index is -0.191. The number of methoxy groups -OCH3 is 1. The predicted molar refractivity (Wildman–Crippen MR) is 206 cm³/mol. The number of hydrogen-bond acceptors (Lipinski definition) is 4. The summed E-state index contributed by atoms with van der Waals surface area (Å²) in [4.78, 5) is 17.1. The van der Waals surface area contributed by atoms with Crippen LogP contribution in [-0.4, -0.2) is 44.0 Å². The van der Waals surface area contributed by atoms with E-state index >= 15 is 0 Å². The van der Waals surface area contributed by atoms with Gasteiger partial charge in [0, 0.05) is 18.0 Å². The number of allylic oxidation sites excluding steroid dienone is 2. The molecule has 0 bridgehead atoms. The van der Waals surface area contributed by atoms with Crippen molar-refractivity contribution in [2.24, 2.45) is 5.92 Å². The Balaban J connectivity index is 1.30. The molecule has 1 aliphatic heterocycles. The van der Waals surface area contributed by atoms with Gasteiger partial charge in [-0.2, -0.15) is 0 Å². The molecule has 1 heterocycles. The molecule has 3 aromatic carbocycles. The average molecular weight is 664 g/mol. The quantitative estimate of drug-likeness (QED) is 0.0792.